The molecular weight excluding hydrogens is 258 g/mol. The minimum absolute atomic E-state index is 0.0414. The highest BCUT2D eigenvalue weighted by atomic mass is 79.9. The maximum Gasteiger partial charge on any atom is 0.274 e. The first-order chi connectivity index (χ1) is 7.16. The lowest BCUT2D eigenvalue weighted by atomic mass is 10.1. The number of rotatable bonds is 1. The number of nitrogens with zero attached hydrogens (tertiary/aromatic N) is 3. The number of amides is 1. The zero-order chi connectivity index (χ0) is 10.8. The van der Waals surface area contributed by atoms with Gasteiger partial charge in [-0.3, -0.25) is 9.48 Å². The number of hydrogen-bond donors (Lipinski definition) is 0. The van der Waals surface area contributed by atoms with Gasteiger partial charge in [0.2, 0.25) is 0 Å². The van der Waals surface area contributed by atoms with Crippen molar-refractivity contribution in [1.82, 2.24) is 14.7 Å². The van der Waals surface area contributed by atoms with Crippen molar-refractivity contribution in [1.29, 1.82) is 0 Å². The van der Waals surface area contributed by atoms with Gasteiger partial charge in [-0.15, -0.1) is 0 Å². The van der Waals surface area contributed by atoms with E-state index >= 15 is 0 Å². The molecule has 0 spiro atoms. The van der Waals surface area contributed by atoms with Crippen molar-refractivity contribution in [3.05, 3.63) is 18.0 Å². The summed E-state index contributed by atoms with van der Waals surface area (Å²) in [5.41, 5.74) is 0.541. The first-order valence-corrected chi connectivity index (χ1v) is 6.01. The normalized spacial score (nSPS) is 21.7. The van der Waals surface area contributed by atoms with Crippen LogP contribution in [0, 0.1) is 0 Å². The molecule has 2 rings (SSSR count). The standard InChI is InChI=1S/C10H14BrN3O/c1-13-6-4-9(12-13)10(15)14-5-2-3-8(11)7-14/h4,6,8H,2-3,5,7H2,1H3. The number of aromatic nitrogens is 2. The lowest BCUT2D eigenvalue weighted by molar-refractivity contribution is 0.0723. The van der Waals surface area contributed by atoms with Crippen molar-refractivity contribution in [2.45, 2.75) is 17.7 Å². The molecule has 2 heterocycles. The third-order valence-corrected chi connectivity index (χ3v) is 3.33. The van der Waals surface area contributed by atoms with Crippen LogP contribution in [0.3, 0.4) is 0 Å². The number of halogens is 1. The molecule has 4 nitrogen and oxygen atoms in total. The first kappa shape index (κ1) is 10.7. The highest BCUT2D eigenvalue weighted by Crippen LogP contribution is 2.18. The Morgan fingerprint density at radius 3 is 3.07 bits per heavy atom. The maximum absolute atomic E-state index is 12.0. The van der Waals surface area contributed by atoms with Gasteiger partial charge in [0.25, 0.3) is 5.91 Å². The summed E-state index contributed by atoms with van der Waals surface area (Å²) in [5.74, 6) is 0.0414. The summed E-state index contributed by atoms with van der Waals surface area (Å²) in [6.07, 6.45) is 4.00. The van der Waals surface area contributed by atoms with Crippen molar-refractivity contribution in [3.63, 3.8) is 0 Å². The third kappa shape index (κ3) is 2.40. The van der Waals surface area contributed by atoms with Gasteiger partial charge >= 0.3 is 0 Å². The van der Waals surface area contributed by atoms with E-state index in [1.165, 1.54) is 0 Å². The summed E-state index contributed by atoms with van der Waals surface area (Å²) in [5, 5.41) is 4.12. The molecule has 1 aliphatic heterocycles. The van der Waals surface area contributed by atoms with Crippen LogP contribution in [0.25, 0.3) is 0 Å². The maximum atomic E-state index is 12.0. The summed E-state index contributed by atoms with van der Waals surface area (Å²) in [7, 11) is 1.82. The van der Waals surface area contributed by atoms with E-state index in [0.717, 1.165) is 25.9 Å². The fourth-order valence-corrected chi connectivity index (χ4v) is 2.47. The van der Waals surface area contributed by atoms with E-state index in [1.54, 1.807) is 16.9 Å². The van der Waals surface area contributed by atoms with Gasteiger partial charge in [0.15, 0.2) is 0 Å². The predicted octanol–water partition coefficient (Wildman–Crippen LogP) is 1.42. The molecule has 0 N–H and O–H groups in total. The second-order valence-electron chi connectivity index (χ2n) is 3.87. The number of carbonyl (C=O) groups is 1. The van der Waals surface area contributed by atoms with Gasteiger partial charge in [0.1, 0.15) is 5.69 Å². The predicted molar refractivity (Wildman–Crippen MR) is 61.1 cm³/mol. The van der Waals surface area contributed by atoms with Crippen LogP contribution < -0.4 is 0 Å². The van der Waals surface area contributed by atoms with Crippen LogP contribution >= 0.6 is 15.9 Å². The Morgan fingerprint density at radius 2 is 2.47 bits per heavy atom. The molecule has 1 saturated heterocycles. The summed E-state index contributed by atoms with van der Waals surface area (Å²) in [6.45, 7) is 1.63. The molecule has 0 radical (unpaired) electrons. The second kappa shape index (κ2) is 4.35. The smallest absolute Gasteiger partial charge is 0.274 e. The van der Waals surface area contributed by atoms with Crippen molar-refractivity contribution in [2.24, 2.45) is 7.05 Å². The Labute approximate surface area is 97.4 Å². The Balaban J connectivity index is 2.07. The van der Waals surface area contributed by atoms with E-state index in [1.807, 2.05) is 11.9 Å². The zero-order valence-electron chi connectivity index (χ0n) is 8.69. The zero-order valence-corrected chi connectivity index (χ0v) is 10.3. The lowest BCUT2D eigenvalue weighted by Crippen LogP contribution is -2.40. The first-order valence-electron chi connectivity index (χ1n) is 5.10. The summed E-state index contributed by atoms with van der Waals surface area (Å²) >= 11 is 3.56. The van der Waals surface area contributed by atoms with E-state index in [9.17, 15) is 4.79 Å². The molecule has 5 heteroatoms. The van der Waals surface area contributed by atoms with Crippen molar-refractivity contribution >= 4 is 21.8 Å². The number of likely N-dealkylation sites (tertiary alicyclic amines) is 1. The quantitative estimate of drug-likeness (QED) is 0.725. The van der Waals surface area contributed by atoms with Crippen LogP contribution in [0.4, 0.5) is 0 Å². The van der Waals surface area contributed by atoms with Gasteiger partial charge in [-0.2, -0.15) is 5.10 Å². The second-order valence-corrected chi connectivity index (χ2v) is 5.16. The van der Waals surface area contributed by atoms with Gasteiger partial charge < -0.3 is 4.90 Å². The minimum Gasteiger partial charge on any atom is -0.336 e. The number of alkyl halides is 1. The molecular formula is C10H14BrN3O. The molecule has 0 bridgehead atoms. The van der Waals surface area contributed by atoms with Crippen molar-refractivity contribution < 1.29 is 4.79 Å². The van der Waals surface area contributed by atoms with Gasteiger partial charge in [-0.05, 0) is 18.9 Å². The molecule has 1 aliphatic rings. The average molecular weight is 272 g/mol. The average Bonchev–Trinajstić information content (AvgIpc) is 2.64. The van der Waals surface area contributed by atoms with Crippen LogP contribution in [0.5, 0.6) is 0 Å². The van der Waals surface area contributed by atoms with Crippen LogP contribution in [-0.2, 0) is 7.05 Å². The highest BCUT2D eigenvalue weighted by Gasteiger charge is 2.23. The third-order valence-electron chi connectivity index (χ3n) is 2.58. The van der Waals surface area contributed by atoms with Crippen molar-refractivity contribution in [3.8, 4) is 0 Å². The fraction of sp³-hybridized carbons (Fsp3) is 0.600. The highest BCUT2D eigenvalue weighted by molar-refractivity contribution is 9.09. The Hall–Kier alpha value is -0.840. The fourth-order valence-electron chi connectivity index (χ4n) is 1.80. The molecule has 1 atom stereocenters. The molecule has 1 aromatic heterocycles. The molecule has 0 aromatic carbocycles. The van der Waals surface area contributed by atoms with E-state index in [4.69, 9.17) is 0 Å². The Bertz CT molecular complexity index is 363. The molecule has 1 fully saturated rings. The topological polar surface area (TPSA) is 38.1 Å². The number of piperidine rings is 1. The van der Waals surface area contributed by atoms with Crippen LogP contribution in [0.2, 0.25) is 0 Å². The van der Waals surface area contributed by atoms with E-state index in [-0.39, 0.29) is 5.91 Å². The number of aryl methyl sites for hydroxylation is 1. The number of carbonyl (C=O) groups excluding carboxylic acids is 1. The molecule has 0 saturated carbocycles. The van der Waals surface area contributed by atoms with Crippen LogP contribution in [0.1, 0.15) is 23.3 Å². The van der Waals surface area contributed by atoms with E-state index in [0.29, 0.717) is 10.5 Å². The van der Waals surface area contributed by atoms with E-state index in [2.05, 4.69) is 21.0 Å². The van der Waals surface area contributed by atoms with E-state index < -0.39 is 0 Å². The Kier molecular flexibility index (Phi) is 3.09. The molecule has 0 aliphatic carbocycles. The van der Waals surface area contributed by atoms with Gasteiger partial charge in [-0.1, -0.05) is 15.9 Å². The summed E-state index contributed by atoms with van der Waals surface area (Å²) in [6, 6.07) is 1.76. The van der Waals surface area contributed by atoms with Crippen LogP contribution in [-0.4, -0.2) is 38.5 Å². The number of hydrogen-bond acceptors (Lipinski definition) is 2. The SMILES string of the molecule is Cn1ccc(C(=O)N2CCCC(Br)C2)n1. The monoisotopic (exact) mass is 271 g/mol. The van der Waals surface area contributed by atoms with Gasteiger partial charge in [-0.25, -0.2) is 0 Å². The summed E-state index contributed by atoms with van der Waals surface area (Å²) in [4.78, 5) is 14.3. The summed E-state index contributed by atoms with van der Waals surface area (Å²) < 4.78 is 1.66. The van der Waals surface area contributed by atoms with Crippen molar-refractivity contribution in [2.75, 3.05) is 13.1 Å². The lowest BCUT2D eigenvalue weighted by Gasteiger charge is -2.29. The molecule has 1 amide bonds. The molecule has 15 heavy (non-hydrogen) atoms. The Morgan fingerprint density at radius 1 is 1.67 bits per heavy atom. The van der Waals surface area contributed by atoms with Crippen LogP contribution in [0.15, 0.2) is 12.3 Å². The van der Waals surface area contributed by atoms with Gasteiger partial charge in [0.05, 0.1) is 0 Å². The molecule has 1 aromatic rings. The van der Waals surface area contributed by atoms with Gasteiger partial charge in [0, 0.05) is 31.2 Å². The molecule has 1 unspecified atom stereocenters. The minimum atomic E-state index is 0.0414. The molecule has 82 valence electrons. The largest absolute Gasteiger partial charge is 0.336 e.